The van der Waals surface area contributed by atoms with Crippen LogP contribution in [0.1, 0.15) is 0 Å². The van der Waals surface area contributed by atoms with Gasteiger partial charge in [-0.25, -0.2) is 15.0 Å². The summed E-state index contributed by atoms with van der Waals surface area (Å²) in [6.07, 6.45) is 0. The molecular weight excluding hydrogens is 583 g/mol. The van der Waals surface area contributed by atoms with Crippen LogP contribution in [-0.2, 0) is 0 Å². The monoisotopic (exact) mass is 611 g/mol. The van der Waals surface area contributed by atoms with Crippen LogP contribution in [-0.4, -0.2) is 15.0 Å². The van der Waals surface area contributed by atoms with Crippen LogP contribution >= 0.6 is 0 Å². The van der Waals surface area contributed by atoms with Gasteiger partial charge in [0.15, 0.2) is 17.5 Å². The van der Waals surface area contributed by atoms with E-state index < -0.39 is 0 Å². The molecule has 0 amide bonds. The summed E-state index contributed by atoms with van der Waals surface area (Å²) in [5.41, 5.74) is 7.59. The number of fused-ring (bicyclic) bond motifs is 3. The molecule has 0 N–H and O–H groups in total. The normalized spacial score (nSPS) is 11.3. The number of aromatic nitrogens is 3. The molecule has 0 saturated carbocycles. The molecule has 0 aliphatic carbocycles. The second kappa shape index (κ2) is 11.7. The van der Waals surface area contributed by atoms with E-state index in [0.29, 0.717) is 17.5 Å². The van der Waals surface area contributed by atoms with Crippen molar-refractivity contribution in [2.45, 2.75) is 0 Å². The Balaban J connectivity index is 1.19. The third kappa shape index (κ3) is 5.08. The second-order valence-electron chi connectivity index (χ2n) is 12.1. The Bertz CT molecular complexity index is 2600. The lowest BCUT2D eigenvalue weighted by atomic mass is 9.94. The van der Waals surface area contributed by atoms with E-state index in [1.807, 2.05) is 24.3 Å². The van der Waals surface area contributed by atoms with Crippen molar-refractivity contribution in [1.82, 2.24) is 15.0 Å². The molecule has 1 aromatic heterocycles. The molecule has 48 heavy (non-hydrogen) atoms. The van der Waals surface area contributed by atoms with E-state index in [-0.39, 0.29) is 0 Å². The van der Waals surface area contributed by atoms with Crippen LogP contribution in [0.25, 0.3) is 88.7 Å². The minimum absolute atomic E-state index is 0.647. The van der Waals surface area contributed by atoms with Gasteiger partial charge in [-0.1, -0.05) is 158 Å². The van der Waals surface area contributed by atoms with Crippen molar-refractivity contribution in [1.29, 1.82) is 0 Å². The summed E-state index contributed by atoms with van der Waals surface area (Å²) < 4.78 is 0. The van der Waals surface area contributed by atoms with Gasteiger partial charge in [-0.05, 0) is 67.4 Å². The third-order valence-electron chi connectivity index (χ3n) is 9.08. The maximum Gasteiger partial charge on any atom is 0.164 e. The van der Waals surface area contributed by atoms with Gasteiger partial charge in [0.05, 0.1) is 0 Å². The first-order valence-electron chi connectivity index (χ1n) is 16.2. The smallest absolute Gasteiger partial charge is 0.164 e. The van der Waals surface area contributed by atoms with E-state index in [1.54, 1.807) is 0 Å². The number of nitrogens with zero attached hydrogens (tertiary/aromatic N) is 3. The first-order chi connectivity index (χ1) is 23.8. The van der Waals surface area contributed by atoms with Gasteiger partial charge in [0.1, 0.15) is 0 Å². The van der Waals surface area contributed by atoms with Gasteiger partial charge in [-0.2, -0.15) is 0 Å². The fourth-order valence-electron chi connectivity index (χ4n) is 6.66. The Morgan fingerprint density at radius 2 is 0.708 bits per heavy atom. The first kappa shape index (κ1) is 27.8. The zero-order valence-electron chi connectivity index (χ0n) is 26.1. The molecule has 0 aliphatic rings. The first-order valence-corrected chi connectivity index (χ1v) is 16.2. The van der Waals surface area contributed by atoms with Gasteiger partial charge in [0, 0.05) is 22.1 Å². The lowest BCUT2D eigenvalue weighted by Gasteiger charge is -2.13. The predicted molar refractivity (Wildman–Crippen MR) is 200 cm³/mol. The summed E-state index contributed by atoms with van der Waals surface area (Å²) in [5, 5.41) is 7.07. The van der Waals surface area contributed by atoms with Gasteiger partial charge in [0.25, 0.3) is 0 Å². The number of hydrogen-bond donors (Lipinski definition) is 0. The number of benzene rings is 8. The maximum atomic E-state index is 5.16. The molecule has 0 unspecified atom stereocenters. The van der Waals surface area contributed by atoms with E-state index in [1.165, 1.54) is 27.3 Å². The van der Waals surface area contributed by atoms with Crippen molar-refractivity contribution in [3.8, 4) is 56.4 Å². The SMILES string of the molecule is c1ccc(-c2nc(-c3ccc4cc(-c5ccc6ccccc6c5)ccc4c3)nc(-c3cccc4cccc(-c5ccccc5)c34)n2)cc1. The maximum absolute atomic E-state index is 5.16. The molecule has 9 rings (SSSR count). The van der Waals surface area contributed by atoms with Crippen molar-refractivity contribution in [2.24, 2.45) is 0 Å². The molecular formula is C45H29N3. The van der Waals surface area contributed by atoms with E-state index in [4.69, 9.17) is 15.0 Å². The van der Waals surface area contributed by atoms with Crippen LogP contribution in [0, 0.1) is 0 Å². The summed E-state index contributed by atoms with van der Waals surface area (Å²) in [4.78, 5) is 15.3. The van der Waals surface area contributed by atoms with Crippen LogP contribution in [0.5, 0.6) is 0 Å². The van der Waals surface area contributed by atoms with Gasteiger partial charge in [0.2, 0.25) is 0 Å². The summed E-state index contributed by atoms with van der Waals surface area (Å²) in [6, 6.07) is 61.8. The van der Waals surface area contributed by atoms with Crippen LogP contribution in [0.2, 0.25) is 0 Å². The van der Waals surface area contributed by atoms with Crippen LogP contribution in [0.4, 0.5) is 0 Å². The van der Waals surface area contributed by atoms with E-state index in [9.17, 15) is 0 Å². The number of rotatable bonds is 5. The Morgan fingerprint density at radius 3 is 1.40 bits per heavy atom. The average Bonchev–Trinajstić information content (AvgIpc) is 3.17. The van der Waals surface area contributed by atoms with Gasteiger partial charge >= 0.3 is 0 Å². The summed E-state index contributed by atoms with van der Waals surface area (Å²) in [5.74, 6) is 1.95. The molecule has 0 fully saturated rings. The molecule has 0 aliphatic heterocycles. The van der Waals surface area contributed by atoms with Gasteiger partial charge in [-0.15, -0.1) is 0 Å². The van der Waals surface area contributed by atoms with Gasteiger partial charge in [-0.3, -0.25) is 0 Å². The average molecular weight is 612 g/mol. The molecule has 3 nitrogen and oxygen atoms in total. The Morgan fingerprint density at radius 1 is 0.250 bits per heavy atom. The lowest BCUT2D eigenvalue weighted by Crippen LogP contribution is -2.01. The molecule has 224 valence electrons. The van der Waals surface area contributed by atoms with Crippen LogP contribution in [0.3, 0.4) is 0 Å². The fraction of sp³-hybridized carbons (Fsp3) is 0. The second-order valence-corrected chi connectivity index (χ2v) is 12.1. The van der Waals surface area contributed by atoms with Crippen molar-refractivity contribution < 1.29 is 0 Å². The standard InChI is InChI=1S/C45H29N3/c1-3-12-31(13-4-1)40-19-9-17-32-18-10-20-41(42(32)40)45-47-43(33-14-5-2-6-15-33)46-44(48-45)39-26-25-37-28-36(23-24-38(37)29-39)35-22-21-30-11-7-8-16-34(30)27-35/h1-29H. The van der Waals surface area contributed by atoms with Crippen molar-refractivity contribution in [3.63, 3.8) is 0 Å². The molecule has 1 heterocycles. The van der Waals surface area contributed by atoms with E-state index in [2.05, 4.69) is 152 Å². The molecule has 0 spiro atoms. The zero-order chi connectivity index (χ0) is 31.9. The Kier molecular flexibility index (Phi) is 6.80. The third-order valence-corrected chi connectivity index (χ3v) is 9.08. The lowest BCUT2D eigenvalue weighted by molar-refractivity contribution is 1.08. The molecule has 8 aromatic carbocycles. The minimum atomic E-state index is 0.647. The molecule has 9 aromatic rings. The highest BCUT2D eigenvalue weighted by Crippen LogP contribution is 2.37. The van der Waals surface area contributed by atoms with Gasteiger partial charge < -0.3 is 0 Å². The molecule has 0 radical (unpaired) electrons. The summed E-state index contributed by atoms with van der Waals surface area (Å²) >= 11 is 0. The summed E-state index contributed by atoms with van der Waals surface area (Å²) in [7, 11) is 0. The van der Waals surface area contributed by atoms with Crippen LogP contribution < -0.4 is 0 Å². The largest absolute Gasteiger partial charge is 0.208 e. The molecule has 0 atom stereocenters. The Labute approximate surface area is 278 Å². The van der Waals surface area contributed by atoms with Crippen molar-refractivity contribution in [3.05, 3.63) is 176 Å². The molecule has 0 saturated heterocycles. The fourth-order valence-corrected chi connectivity index (χ4v) is 6.66. The van der Waals surface area contributed by atoms with Crippen LogP contribution in [0.15, 0.2) is 176 Å². The minimum Gasteiger partial charge on any atom is -0.208 e. The van der Waals surface area contributed by atoms with Crippen molar-refractivity contribution in [2.75, 3.05) is 0 Å². The molecule has 3 heteroatoms. The molecule has 0 bridgehead atoms. The summed E-state index contributed by atoms with van der Waals surface area (Å²) in [6.45, 7) is 0. The van der Waals surface area contributed by atoms with E-state index in [0.717, 1.165) is 44.0 Å². The van der Waals surface area contributed by atoms with E-state index >= 15 is 0 Å². The highest BCUT2D eigenvalue weighted by atomic mass is 15.0. The highest BCUT2D eigenvalue weighted by Gasteiger charge is 2.17. The highest BCUT2D eigenvalue weighted by molar-refractivity contribution is 6.05. The Hall–Kier alpha value is -6.45. The number of hydrogen-bond acceptors (Lipinski definition) is 3. The zero-order valence-corrected chi connectivity index (χ0v) is 26.1. The topological polar surface area (TPSA) is 38.7 Å². The van der Waals surface area contributed by atoms with Crippen molar-refractivity contribution >= 4 is 32.3 Å². The quantitative estimate of drug-likeness (QED) is 0.194. The predicted octanol–water partition coefficient (Wildman–Crippen LogP) is 11.7.